The maximum Gasteiger partial charge on any atom is 0.155 e. The average molecular weight is 192 g/mol. The van der Waals surface area contributed by atoms with Gasteiger partial charge in [-0.3, -0.25) is 5.32 Å². The first-order chi connectivity index (χ1) is 6.79. The molecule has 0 aromatic carbocycles. The van der Waals surface area contributed by atoms with Crippen LogP contribution in [-0.4, -0.2) is 25.3 Å². The van der Waals surface area contributed by atoms with E-state index in [1.807, 2.05) is 32.1 Å². The summed E-state index contributed by atoms with van der Waals surface area (Å²) < 4.78 is 5.35. The molecule has 76 valence electrons. The van der Waals surface area contributed by atoms with Crippen molar-refractivity contribution in [2.75, 3.05) is 19.8 Å². The van der Waals surface area contributed by atoms with Crippen molar-refractivity contribution in [3.8, 4) is 6.07 Å². The van der Waals surface area contributed by atoms with Gasteiger partial charge in [0.1, 0.15) is 0 Å². The second-order valence-electron chi connectivity index (χ2n) is 3.24. The minimum Gasteiger partial charge on any atom is -0.377 e. The summed E-state index contributed by atoms with van der Waals surface area (Å²) in [5.74, 6) is 0. The van der Waals surface area contributed by atoms with Crippen molar-refractivity contribution < 1.29 is 4.74 Å². The Kier molecular flexibility index (Phi) is 3.87. The smallest absolute Gasteiger partial charge is 0.155 e. The molecule has 1 rings (SSSR count). The molecule has 1 saturated heterocycles. The highest BCUT2D eigenvalue weighted by molar-refractivity contribution is 5.38. The van der Waals surface area contributed by atoms with Crippen LogP contribution in [0.2, 0.25) is 0 Å². The molecule has 0 aromatic rings. The molecular weight excluding hydrogens is 176 g/mol. The number of nitrogens with one attached hydrogen (secondary N) is 1. The van der Waals surface area contributed by atoms with Gasteiger partial charge in [0.05, 0.1) is 19.3 Å². The summed E-state index contributed by atoms with van der Waals surface area (Å²) in [4.78, 5) is 0. The first-order valence-corrected chi connectivity index (χ1v) is 4.82. The highest BCUT2D eigenvalue weighted by Gasteiger charge is 2.34. The maximum atomic E-state index is 9.20. The van der Waals surface area contributed by atoms with E-state index in [9.17, 15) is 5.26 Å². The van der Waals surface area contributed by atoms with E-state index in [0.29, 0.717) is 13.2 Å². The Morgan fingerprint density at radius 1 is 1.57 bits per heavy atom. The third kappa shape index (κ3) is 2.03. The van der Waals surface area contributed by atoms with Gasteiger partial charge >= 0.3 is 0 Å². The Morgan fingerprint density at radius 2 is 2.36 bits per heavy atom. The summed E-state index contributed by atoms with van der Waals surface area (Å²) in [5.41, 5.74) is 0.321. The minimum atomic E-state index is -0.653. The number of ether oxygens (including phenoxy) is 1. The normalized spacial score (nSPS) is 29.1. The van der Waals surface area contributed by atoms with E-state index in [1.54, 1.807) is 0 Å². The monoisotopic (exact) mass is 192 g/mol. The molecule has 3 nitrogen and oxygen atoms in total. The fourth-order valence-corrected chi connectivity index (χ4v) is 1.60. The van der Waals surface area contributed by atoms with E-state index < -0.39 is 5.54 Å². The van der Waals surface area contributed by atoms with E-state index in [4.69, 9.17) is 4.74 Å². The molecule has 1 N–H and O–H groups in total. The number of nitriles is 1. The quantitative estimate of drug-likeness (QED) is 0.672. The first-order valence-electron chi connectivity index (χ1n) is 4.82. The van der Waals surface area contributed by atoms with Crippen LogP contribution in [0.25, 0.3) is 0 Å². The second-order valence-corrected chi connectivity index (χ2v) is 3.24. The van der Waals surface area contributed by atoms with Gasteiger partial charge in [0.15, 0.2) is 5.54 Å². The number of nitrogens with zero attached hydrogens (tertiary/aromatic N) is 1. The molecular formula is C11H16N2O. The van der Waals surface area contributed by atoms with Crippen LogP contribution in [0.5, 0.6) is 0 Å². The molecule has 0 aliphatic carbocycles. The lowest BCUT2D eigenvalue weighted by molar-refractivity contribution is 0.0654. The fraction of sp³-hybridized carbons (Fsp3) is 0.545. The molecule has 1 atom stereocenters. The average Bonchev–Trinajstić information content (AvgIpc) is 2.27. The van der Waals surface area contributed by atoms with Crippen LogP contribution in [0.4, 0.5) is 0 Å². The first kappa shape index (κ1) is 11.0. The lowest BCUT2D eigenvalue weighted by atomic mass is 9.90. The van der Waals surface area contributed by atoms with Gasteiger partial charge in [0, 0.05) is 6.54 Å². The third-order valence-electron chi connectivity index (χ3n) is 2.33. The number of allylic oxidation sites excluding steroid dienone is 2. The third-order valence-corrected chi connectivity index (χ3v) is 2.33. The molecule has 0 amide bonds. The highest BCUT2D eigenvalue weighted by Crippen LogP contribution is 2.20. The molecule has 0 radical (unpaired) electrons. The van der Waals surface area contributed by atoms with Crippen molar-refractivity contribution in [1.29, 1.82) is 5.26 Å². The Morgan fingerprint density at radius 3 is 2.79 bits per heavy atom. The van der Waals surface area contributed by atoms with E-state index in [0.717, 1.165) is 12.1 Å². The molecule has 1 unspecified atom stereocenters. The van der Waals surface area contributed by atoms with Gasteiger partial charge in [-0.25, -0.2) is 0 Å². The Bertz CT molecular complexity index is 280. The van der Waals surface area contributed by atoms with Crippen molar-refractivity contribution in [2.24, 2.45) is 0 Å². The molecule has 0 bridgehead atoms. The van der Waals surface area contributed by atoms with Crippen molar-refractivity contribution in [3.63, 3.8) is 0 Å². The molecule has 3 heteroatoms. The molecule has 1 heterocycles. The van der Waals surface area contributed by atoms with Crippen LogP contribution >= 0.6 is 0 Å². The van der Waals surface area contributed by atoms with Crippen molar-refractivity contribution in [1.82, 2.24) is 5.32 Å². The standard InChI is InChI=1S/C11H16N2O/c1-3-5-10(4-2)11(8-12)9-14-7-6-13-11/h3-5,13H,6-7,9H2,1-2H3/b5-3-,10-4+. The molecule has 0 aromatic heterocycles. The molecule has 1 aliphatic heterocycles. The molecule has 0 saturated carbocycles. The summed E-state index contributed by atoms with van der Waals surface area (Å²) in [6.45, 7) is 5.70. The predicted molar refractivity (Wildman–Crippen MR) is 55.7 cm³/mol. The number of rotatable bonds is 2. The molecule has 0 spiro atoms. The van der Waals surface area contributed by atoms with E-state index in [2.05, 4.69) is 11.4 Å². The minimum absolute atomic E-state index is 0.424. The van der Waals surface area contributed by atoms with Crippen LogP contribution in [-0.2, 0) is 4.74 Å². The lowest BCUT2D eigenvalue weighted by Crippen LogP contribution is -2.54. The van der Waals surface area contributed by atoms with Gasteiger partial charge in [-0.05, 0) is 19.4 Å². The molecule has 14 heavy (non-hydrogen) atoms. The van der Waals surface area contributed by atoms with Crippen LogP contribution in [0.1, 0.15) is 13.8 Å². The topological polar surface area (TPSA) is 45.0 Å². The number of hydrogen-bond acceptors (Lipinski definition) is 3. The van der Waals surface area contributed by atoms with E-state index >= 15 is 0 Å². The summed E-state index contributed by atoms with van der Waals surface area (Å²) in [7, 11) is 0. The van der Waals surface area contributed by atoms with Gasteiger partial charge < -0.3 is 4.74 Å². The lowest BCUT2D eigenvalue weighted by Gasteiger charge is -2.33. The zero-order valence-corrected chi connectivity index (χ0v) is 8.71. The second kappa shape index (κ2) is 4.94. The zero-order chi connectivity index (χ0) is 10.4. The Labute approximate surface area is 85.1 Å². The zero-order valence-electron chi connectivity index (χ0n) is 8.71. The molecule has 1 fully saturated rings. The van der Waals surface area contributed by atoms with Crippen molar-refractivity contribution in [2.45, 2.75) is 19.4 Å². The maximum absolute atomic E-state index is 9.20. The summed E-state index contributed by atoms with van der Waals surface area (Å²) in [6.07, 6.45) is 5.83. The van der Waals surface area contributed by atoms with E-state index in [-0.39, 0.29) is 0 Å². The number of hydrogen-bond donors (Lipinski definition) is 1. The SMILES string of the molecule is C/C=C\C(=C/C)C1(C#N)COCCN1. The van der Waals surface area contributed by atoms with Crippen LogP contribution < -0.4 is 5.32 Å². The highest BCUT2D eigenvalue weighted by atomic mass is 16.5. The summed E-state index contributed by atoms with van der Waals surface area (Å²) in [5, 5.41) is 12.4. The largest absolute Gasteiger partial charge is 0.377 e. The predicted octanol–water partition coefficient (Wildman–Crippen LogP) is 1.39. The van der Waals surface area contributed by atoms with Crippen LogP contribution in [0.15, 0.2) is 23.8 Å². The van der Waals surface area contributed by atoms with Crippen LogP contribution in [0.3, 0.4) is 0 Å². The van der Waals surface area contributed by atoms with E-state index in [1.165, 1.54) is 0 Å². The fourth-order valence-electron chi connectivity index (χ4n) is 1.60. The van der Waals surface area contributed by atoms with Gasteiger partial charge in [-0.1, -0.05) is 18.2 Å². The van der Waals surface area contributed by atoms with Crippen molar-refractivity contribution in [3.05, 3.63) is 23.8 Å². The Balaban J connectivity index is 2.93. The summed E-state index contributed by atoms with van der Waals surface area (Å²) >= 11 is 0. The van der Waals surface area contributed by atoms with Gasteiger partial charge in [0.25, 0.3) is 0 Å². The molecule has 1 aliphatic rings. The van der Waals surface area contributed by atoms with Gasteiger partial charge in [-0.15, -0.1) is 0 Å². The number of morpholine rings is 1. The van der Waals surface area contributed by atoms with Crippen LogP contribution in [0, 0.1) is 11.3 Å². The van der Waals surface area contributed by atoms with Gasteiger partial charge in [-0.2, -0.15) is 5.26 Å². The Hall–Kier alpha value is -1.11. The van der Waals surface area contributed by atoms with Crippen molar-refractivity contribution >= 4 is 0 Å². The summed E-state index contributed by atoms with van der Waals surface area (Å²) in [6, 6.07) is 2.30. The van der Waals surface area contributed by atoms with Gasteiger partial charge in [0.2, 0.25) is 0 Å².